The van der Waals surface area contributed by atoms with E-state index < -0.39 is 0 Å². The molecule has 0 spiro atoms. The first-order valence-corrected chi connectivity index (χ1v) is 10.4. The molecule has 2 aromatic rings. The van der Waals surface area contributed by atoms with Gasteiger partial charge in [-0.25, -0.2) is 0 Å². The van der Waals surface area contributed by atoms with Crippen LogP contribution in [0, 0.1) is 5.92 Å². The van der Waals surface area contributed by atoms with Gasteiger partial charge in [-0.05, 0) is 66.5 Å². The normalized spacial score (nSPS) is 16.5. The van der Waals surface area contributed by atoms with E-state index in [2.05, 4.69) is 38.6 Å². The number of hydrogen-bond donors (Lipinski definition) is 1. The molecule has 1 aromatic heterocycles. The summed E-state index contributed by atoms with van der Waals surface area (Å²) in [5.41, 5.74) is 5.01. The Kier molecular flexibility index (Phi) is 6.35. The fourth-order valence-electron chi connectivity index (χ4n) is 4.27. The maximum absolute atomic E-state index is 6.73. The highest BCUT2D eigenvalue weighted by Gasteiger charge is 2.33. The van der Waals surface area contributed by atoms with Gasteiger partial charge in [0.25, 0.3) is 0 Å². The van der Waals surface area contributed by atoms with Crippen LogP contribution in [0.5, 0.6) is 0 Å². The summed E-state index contributed by atoms with van der Waals surface area (Å²) in [7, 11) is 0. The lowest BCUT2D eigenvalue weighted by Gasteiger charge is -2.29. The number of fused-ring (bicyclic) bond motifs is 2. The Morgan fingerprint density at radius 2 is 1.76 bits per heavy atom. The molecule has 134 valence electrons. The van der Waals surface area contributed by atoms with Crippen LogP contribution in [0.25, 0.3) is 0 Å². The number of halogens is 2. The summed E-state index contributed by atoms with van der Waals surface area (Å²) < 4.78 is 0. The van der Waals surface area contributed by atoms with Gasteiger partial charge in [0, 0.05) is 27.1 Å². The number of hydrogen-bond acceptors (Lipinski definition) is 2. The summed E-state index contributed by atoms with van der Waals surface area (Å²) in [6.45, 7) is 4.52. The minimum atomic E-state index is 0.242. The van der Waals surface area contributed by atoms with Crippen molar-refractivity contribution < 1.29 is 0 Å². The van der Waals surface area contributed by atoms with Crippen LogP contribution < -0.4 is 0 Å². The van der Waals surface area contributed by atoms with E-state index >= 15 is 0 Å². The molecule has 1 aliphatic carbocycles. The van der Waals surface area contributed by atoms with Crippen molar-refractivity contribution in [2.24, 2.45) is 5.92 Å². The van der Waals surface area contributed by atoms with Crippen molar-refractivity contribution in [2.75, 3.05) is 0 Å². The average molecular weight is 394 g/mol. The fourth-order valence-corrected chi connectivity index (χ4v) is 5.13. The second-order valence-electron chi connectivity index (χ2n) is 7.01. The second-order valence-corrected chi connectivity index (χ2v) is 8.37. The van der Waals surface area contributed by atoms with Crippen LogP contribution in [0.2, 0.25) is 10.0 Å². The van der Waals surface area contributed by atoms with Crippen molar-refractivity contribution >= 4 is 35.8 Å². The van der Waals surface area contributed by atoms with Gasteiger partial charge in [0.05, 0.1) is 5.69 Å². The zero-order chi connectivity index (χ0) is 18.0. The van der Waals surface area contributed by atoms with E-state index in [1.165, 1.54) is 48.1 Å². The predicted octanol–water partition coefficient (Wildman–Crippen LogP) is 7.12. The van der Waals surface area contributed by atoms with Crippen molar-refractivity contribution in [1.29, 1.82) is 0 Å². The fraction of sp³-hybridized carbons (Fsp3) is 0.476. The molecule has 1 atom stereocenters. The number of nitrogens with zero attached hydrogens (tertiary/aromatic N) is 1. The van der Waals surface area contributed by atoms with Gasteiger partial charge in [-0.1, -0.05) is 49.9 Å². The monoisotopic (exact) mass is 393 g/mol. The maximum Gasteiger partial charge on any atom is 0.0514 e. The standard InChI is InChI=1S/C21H25Cl2NS/c1-3-5-13(6-4-2)20-19-14(9-16(22)11-18(19)23)7-8-15-10-17(25)12-24-21(15)20/h9-13,20,25H,3-8H2,1-2H3. The van der Waals surface area contributed by atoms with Gasteiger partial charge in [0.2, 0.25) is 0 Å². The summed E-state index contributed by atoms with van der Waals surface area (Å²) in [5.74, 6) is 0.786. The zero-order valence-corrected chi connectivity index (χ0v) is 17.3. The van der Waals surface area contributed by atoms with Crippen molar-refractivity contribution in [3.05, 3.63) is 56.8 Å². The van der Waals surface area contributed by atoms with Crippen LogP contribution in [-0.4, -0.2) is 4.98 Å². The van der Waals surface area contributed by atoms with Crippen molar-refractivity contribution in [2.45, 2.75) is 63.2 Å². The number of benzene rings is 1. The molecule has 1 aliphatic rings. The van der Waals surface area contributed by atoms with E-state index in [0.717, 1.165) is 27.8 Å². The highest BCUT2D eigenvalue weighted by Crippen LogP contribution is 2.45. The van der Waals surface area contributed by atoms with Crippen LogP contribution >= 0.6 is 35.8 Å². The minimum absolute atomic E-state index is 0.242. The predicted molar refractivity (Wildman–Crippen MR) is 111 cm³/mol. The topological polar surface area (TPSA) is 12.9 Å². The van der Waals surface area contributed by atoms with Crippen molar-refractivity contribution in [3.63, 3.8) is 0 Å². The molecule has 1 nitrogen and oxygen atoms in total. The van der Waals surface area contributed by atoms with Gasteiger partial charge in [0.15, 0.2) is 0 Å². The lowest BCUT2D eigenvalue weighted by molar-refractivity contribution is 0.390. The first-order valence-electron chi connectivity index (χ1n) is 9.20. The van der Waals surface area contributed by atoms with E-state index in [0.29, 0.717) is 5.92 Å². The van der Waals surface area contributed by atoms with Crippen LogP contribution in [0.15, 0.2) is 29.3 Å². The molecule has 0 amide bonds. The van der Waals surface area contributed by atoms with Crippen LogP contribution in [-0.2, 0) is 12.8 Å². The molecule has 3 rings (SSSR count). The lowest BCUT2D eigenvalue weighted by Crippen LogP contribution is -2.18. The summed E-state index contributed by atoms with van der Waals surface area (Å²) in [5, 5.41) is 1.51. The molecular weight excluding hydrogens is 369 g/mol. The Balaban J connectivity index is 2.22. The SMILES string of the molecule is CCCC(CCC)C1c2ncc(S)cc2CCc2cc(Cl)cc(Cl)c21. The molecule has 1 aromatic carbocycles. The summed E-state index contributed by atoms with van der Waals surface area (Å²) in [4.78, 5) is 5.77. The number of aromatic nitrogens is 1. The molecule has 0 radical (unpaired) electrons. The molecule has 25 heavy (non-hydrogen) atoms. The van der Waals surface area contributed by atoms with Crippen molar-refractivity contribution in [3.8, 4) is 0 Å². The third-order valence-electron chi connectivity index (χ3n) is 5.23. The Morgan fingerprint density at radius 3 is 2.44 bits per heavy atom. The molecule has 1 unspecified atom stereocenters. The number of pyridine rings is 1. The Hall–Kier alpha value is -0.700. The molecule has 1 heterocycles. The van der Waals surface area contributed by atoms with Gasteiger partial charge in [-0.3, -0.25) is 4.98 Å². The quantitative estimate of drug-likeness (QED) is 0.533. The molecule has 0 saturated heterocycles. The Bertz CT molecular complexity index is 754. The van der Waals surface area contributed by atoms with E-state index in [4.69, 9.17) is 28.2 Å². The van der Waals surface area contributed by atoms with Crippen LogP contribution in [0.1, 0.15) is 67.8 Å². The van der Waals surface area contributed by atoms with Gasteiger partial charge < -0.3 is 0 Å². The van der Waals surface area contributed by atoms with E-state index in [9.17, 15) is 0 Å². The van der Waals surface area contributed by atoms with Crippen LogP contribution in [0.4, 0.5) is 0 Å². The van der Waals surface area contributed by atoms with Gasteiger partial charge >= 0.3 is 0 Å². The smallest absolute Gasteiger partial charge is 0.0514 e. The Morgan fingerprint density at radius 1 is 1.08 bits per heavy atom. The summed E-state index contributed by atoms with van der Waals surface area (Å²) >= 11 is 17.5. The molecule has 4 heteroatoms. The Labute approximate surface area is 166 Å². The van der Waals surface area contributed by atoms with E-state index in [1.807, 2.05) is 12.3 Å². The number of aryl methyl sites for hydroxylation is 2. The third-order valence-corrected chi connectivity index (χ3v) is 6.00. The highest BCUT2D eigenvalue weighted by atomic mass is 35.5. The number of rotatable bonds is 5. The molecule has 0 aliphatic heterocycles. The molecular formula is C21H25Cl2NS. The number of thiol groups is 1. The summed E-state index contributed by atoms with van der Waals surface area (Å²) in [6.07, 6.45) is 8.48. The largest absolute Gasteiger partial charge is 0.259 e. The molecule has 0 saturated carbocycles. The summed E-state index contributed by atoms with van der Waals surface area (Å²) in [6, 6.07) is 6.16. The molecule has 0 fully saturated rings. The van der Waals surface area contributed by atoms with Crippen LogP contribution in [0.3, 0.4) is 0 Å². The second kappa shape index (κ2) is 8.33. The van der Waals surface area contributed by atoms with Gasteiger partial charge in [-0.15, -0.1) is 12.6 Å². The van der Waals surface area contributed by atoms with E-state index in [-0.39, 0.29) is 5.92 Å². The maximum atomic E-state index is 6.73. The first kappa shape index (κ1) is 19.1. The first-order chi connectivity index (χ1) is 12.0. The van der Waals surface area contributed by atoms with E-state index in [1.54, 1.807) is 0 Å². The minimum Gasteiger partial charge on any atom is -0.259 e. The third kappa shape index (κ3) is 4.02. The average Bonchev–Trinajstić information content (AvgIpc) is 2.71. The van der Waals surface area contributed by atoms with Gasteiger partial charge in [-0.2, -0.15) is 0 Å². The molecule has 0 bridgehead atoms. The highest BCUT2D eigenvalue weighted by molar-refractivity contribution is 7.80. The lowest BCUT2D eigenvalue weighted by atomic mass is 9.77. The van der Waals surface area contributed by atoms with Crippen molar-refractivity contribution in [1.82, 2.24) is 4.98 Å². The van der Waals surface area contributed by atoms with Gasteiger partial charge in [0.1, 0.15) is 0 Å². The molecule has 0 N–H and O–H groups in total. The zero-order valence-electron chi connectivity index (χ0n) is 14.9.